The molecule has 21 heavy (non-hydrogen) atoms. The Morgan fingerprint density at radius 2 is 2.29 bits per heavy atom. The molecule has 0 saturated carbocycles. The highest BCUT2D eigenvalue weighted by atomic mass is 16.6. The van der Waals surface area contributed by atoms with Crippen molar-refractivity contribution >= 4 is 5.97 Å². The summed E-state index contributed by atoms with van der Waals surface area (Å²) in [6, 6.07) is 1.87. The third-order valence-electron chi connectivity index (χ3n) is 3.84. The number of ether oxygens (including phenoxy) is 1. The van der Waals surface area contributed by atoms with Gasteiger partial charge in [0.05, 0.1) is 0 Å². The summed E-state index contributed by atoms with van der Waals surface area (Å²) in [5, 5.41) is 7.06. The van der Waals surface area contributed by atoms with Crippen molar-refractivity contribution in [2.24, 2.45) is 0 Å². The molecule has 118 valence electrons. The van der Waals surface area contributed by atoms with Crippen LogP contribution in [-0.4, -0.2) is 45.8 Å². The highest BCUT2D eigenvalue weighted by Gasteiger charge is 2.39. The number of unbranched alkanes of at least 4 members (excludes halogenated alkanes) is 1. The number of aromatic nitrogens is 2. The van der Waals surface area contributed by atoms with Gasteiger partial charge in [-0.15, -0.1) is 0 Å². The molecule has 5 nitrogen and oxygen atoms in total. The van der Waals surface area contributed by atoms with E-state index < -0.39 is 5.60 Å². The molecule has 5 heteroatoms. The summed E-state index contributed by atoms with van der Waals surface area (Å²) in [6.07, 6.45) is 4.81. The van der Waals surface area contributed by atoms with Gasteiger partial charge in [0.2, 0.25) is 0 Å². The lowest BCUT2D eigenvalue weighted by molar-refractivity contribution is -0.160. The fourth-order valence-corrected chi connectivity index (χ4v) is 2.85. The lowest BCUT2D eigenvalue weighted by Crippen LogP contribution is -2.40. The smallest absolute Gasteiger partial charge is 0.323 e. The number of carbonyl (C=O) groups excluding carboxylic acids is 1. The lowest BCUT2D eigenvalue weighted by atomic mass is 10.0. The Morgan fingerprint density at radius 3 is 2.86 bits per heavy atom. The van der Waals surface area contributed by atoms with Gasteiger partial charge in [0.25, 0.3) is 0 Å². The number of nitrogens with zero attached hydrogens (tertiary/aromatic N) is 2. The van der Waals surface area contributed by atoms with Crippen LogP contribution in [0.3, 0.4) is 0 Å². The molecule has 2 heterocycles. The first-order chi connectivity index (χ1) is 9.90. The molecule has 0 aromatic carbocycles. The van der Waals surface area contributed by atoms with Gasteiger partial charge < -0.3 is 4.74 Å². The molecule has 0 radical (unpaired) electrons. The van der Waals surface area contributed by atoms with E-state index in [1.54, 1.807) is 6.20 Å². The maximum Gasteiger partial charge on any atom is 0.323 e. The van der Waals surface area contributed by atoms with E-state index in [-0.39, 0.29) is 12.0 Å². The normalized spacial score (nSPS) is 23.4. The first-order valence-corrected chi connectivity index (χ1v) is 7.87. The van der Waals surface area contributed by atoms with Crippen LogP contribution in [0.4, 0.5) is 0 Å². The number of carbonyl (C=O) groups is 1. The molecule has 2 rings (SSSR count). The van der Waals surface area contributed by atoms with Crippen molar-refractivity contribution in [3.8, 4) is 0 Å². The van der Waals surface area contributed by atoms with Gasteiger partial charge in [-0.25, -0.2) is 0 Å². The number of hydrogen-bond acceptors (Lipinski definition) is 4. The van der Waals surface area contributed by atoms with E-state index >= 15 is 0 Å². The van der Waals surface area contributed by atoms with Crippen LogP contribution in [0.25, 0.3) is 0 Å². The van der Waals surface area contributed by atoms with Gasteiger partial charge in [-0.3, -0.25) is 14.8 Å². The van der Waals surface area contributed by atoms with Crippen LogP contribution in [0.1, 0.15) is 58.6 Å². The number of esters is 1. The summed E-state index contributed by atoms with van der Waals surface area (Å²) < 4.78 is 5.59. The number of rotatable bonds is 5. The van der Waals surface area contributed by atoms with Crippen molar-refractivity contribution in [1.29, 1.82) is 0 Å². The van der Waals surface area contributed by atoms with Crippen molar-refractivity contribution in [3.05, 3.63) is 18.0 Å². The molecule has 1 aliphatic rings. The van der Waals surface area contributed by atoms with E-state index in [1.165, 1.54) is 0 Å². The standard InChI is InChI=1S/C16H27N3O2/c1-5-6-9-19-11-12(13-7-8-17-18-13)10-14(19)15(20)21-16(2,3)4/h7-8,12,14H,5-6,9-11H2,1-4H3,(H,17,18). The molecule has 1 fully saturated rings. The SMILES string of the molecule is CCCCN1CC(c2ccn[nH]2)CC1C(=O)OC(C)(C)C. The largest absolute Gasteiger partial charge is 0.459 e. The van der Waals surface area contributed by atoms with Crippen molar-refractivity contribution in [2.75, 3.05) is 13.1 Å². The van der Waals surface area contributed by atoms with Gasteiger partial charge in [-0.05, 0) is 46.2 Å². The third-order valence-corrected chi connectivity index (χ3v) is 3.84. The minimum absolute atomic E-state index is 0.0966. The van der Waals surface area contributed by atoms with Crippen LogP contribution < -0.4 is 0 Å². The topological polar surface area (TPSA) is 58.2 Å². The Balaban J connectivity index is 2.06. The Morgan fingerprint density at radius 1 is 1.52 bits per heavy atom. The van der Waals surface area contributed by atoms with E-state index in [4.69, 9.17) is 4.74 Å². The predicted octanol–water partition coefficient (Wildman–Crippen LogP) is 2.71. The summed E-state index contributed by atoms with van der Waals surface area (Å²) in [7, 11) is 0. The average Bonchev–Trinajstić information content (AvgIpc) is 3.03. The van der Waals surface area contributed by atoms with Crippen LogP contribution in [0.15, 0.2) is 12.3 Å². The highest BCUT2D eigenvalue weighted by molar-refractivity contribution is 5.76. The van der Waals surface area contributed by atoms with Gasteiger partial charge in [0.1, 0.15) is 11.6 Å². The molecular weight excluding hydrogens is 266 g/mol. The zero-order chi connectivity index (χ0) is 15.5. The quantitative estimate of drug-likeness (QED) is 0.848. The average molecular weight is 293 g/mol. The molecule has 1 aromatic rings. The molecule has 0 amide bonds. The van der Waals surface area contributed by atoms with Crippen LogP contribution in [0.2, 0.25) is 0 Å². The molecule has 0 bridgehead atoms. The Kier molecular flexibility index (Phi) is 5.04. The van der Waals surface area contributed by atoms with Gasteiger partial charge in [0.15, 0.2) is 0 Å². The summed E-state index contributed by atoms with van der Waals surface area (Å²) in [6.45, 7) is 9.77. The monoisotopic (exact) mass is 293 g/mol. The Labute approximate surface area is 127 Å². The lowest BCUT2D eigenvalue weighted by Gasteiger charge is -2.27. The van der Waals surface area contributed by atoms with Crippen LogP contribution in [-0.2, 0) is 9.53 Å². The second kappa shape index (κ2) is 6.60. The molecule has 1 aromatic heterocycles. The summed E-state index contributed by atoms with van der Waals surface area (Å²) in [5.74, 6) is 0.238. The van der Waals surface area contributed by atoms with Crippen molar-refractivity contribution in [1.82, 2.24) is 15.1 Å². The number of hydrogen-bond donors (Lipinski definition) is 1. The minimum Gasteiger partial charge on any atom is -0.459 e. The molecule has 0 aliphatic carbocycles. The van der Waals surface area contributed by atoms with Crippen LogP contribution >= 0.6 is 0 Å². The second-order valence-electron chi connectivity index (χ2n) is 6.84. The van der Waals surface area contributed by atoms with E-state index in [2.05, 4.69) is 22.0 Å². The minimum atomic E-state index is -0.431. The molecule has 1 saturated heterocycles. The zero-order valence-corrected chi connectivity index (χ0v) is 13.6. The van der Waals surface area contributed by atoms with E-state index in [0.717, 1.165) is 38.0 Å². The summed E-state index contributed by atoms with van der Waals surface area (Å²) in [5.41, 5.74) is 0.683. The number of nitrogens with one attached hydrogen (secondary N) is 1. The molecule has 0 spiro atoms. The van der Waals surface area contributed by atoms with E-state index in [1.807, 2.05) is 26.8 Å². The predicted molar refractivity (Wildman–Crippen MR) is 82.1 cm³/mol. The van der Waals surface area contributed by atoms with Crippen molar-refractivity contribution in [3.63, 3.8) is 0 Å². The van der Waals surface area contributed by atoms with Crippen molar-refractivity contribution in [2.45, 2.75) is 64.5 Å². The maximum absolute atomic E-state index is 12.5. The highest BCUT2D eigenvalue weighted by Crippen LogP contribution is 2.32. The van der Waals surface area contributed by atoms with Gasteiger partial charge in [0, 0.05) is 24.4 Å². The second-order valence-corrected chi connectivity index (χ2v) is 6.84. The number of likely N-dealkylation sites (tertiary alicyclic amines) is 1. The first kappa shape index (κ1) is 16.0. The van der Waals surface area contributed by atoms with Crippen LogP contribution in [0.5, 0.6) is 0 Å². The number of H-pyrrole nitrogens is 1. The maximum atomic E-state index is 12.5. The van der Waals surface area contributed by atoms with Crippen LogP contribution in [0, 0.1) is 0 Å². The molecule has 1 aliphatic heterocycles. The Bertz CT molecular complexity index is 451. The van der Waals surface area contributed by atoms with Crippen molar-refractivity contribution < 1.29 is 9.53 Å². The van der Waals surface area contributed by atoms with E-state index in [0.29, 0.717) is 5.92 Å². The number of aromatic amines is 1. The fraction of sp³-hybridized carbons (Fsp3) is 0.750. The molecule has 2 unspecified atom stereocenters. The first-order valence-electron chi connectivity index (χ1n) is 7.87. The van der Waals surface area contributed by atoms with Gasteiger partial charge >= 0.3 is 5.97 Å². The molecule has 1 N–H and O–H groups in total. The molecular formula is C16H27N3O2. The molecule has 2 atom stereocenters. The van der Waals surface area contributed by atoms with E-state index in [9.17, 15) is 4.79 Å². The van der Waals surface area contributed by atoms with Gasteiger partial charge in [-0.2, -0.15) is 5.10 Å². The Hall–Kier alpha value is -1.36. The zero-order valence-electron chi connectivity index (χ0n) is 13.6. The van der Waals surface area contributed by atoms with Gasteiger partial charge in [-0.1, -0.05) is 13.3 Å². The third kappa shape index (κ3) is 4.30. The summed E-state index contributed by atoms with van der Waals surface area (Å²) >= 11 is 0. The fourth-order valence-electron chi connectivity index (χ4n) is 2.85. The summed E-state index contributed by atoms with van der Waals surface area (Å²) in [4.78, 5) is 14.7.